The molecule has 0 N–H and O–H groups in total. The second kappa shape index (κ2) is 4.79. The van der Waals surface area contributed by atoms with E-state index in [1.54, 1.807) is 11.3 Å². The topological polar surface area (TPSA) is 12.9 Å². The minimum absolute atomic E-state index is 0.495. The van der Waals surface area contributed by atoms with Crippen molar-refractivity contribution in [3.05, 3.63) is 38.7 Å². The molecule has 0 bridgehead atoms. The normalized spacial score (nSPS) is 10.9. The lowest BCUT2D eigenvalue weighted by Crippen LogP contribution is -1.92. The maximum Gasteiger partial charge on any atom is 0.108 e. The largest absolute Gasteiger partial charge is 0.240 e. The summed E-state index contributed by atoms with van der Waals surface area (Å²) in [7, 11) is 0. The van der Waals surface area contributed by atoms with Crippen LogP contribution in [0.15, 0.2) is 12.1 Å². The molecule has 0 aliphatic heterocycles. The molecule has 0 saturated heterocycles. The van der Waals surface area contributed by atoms with E-state index in [-0.39, 0.29) is 0 Å². The summed E-state index contributed by atoms with van der Waals surface area (Å²) < 4.78 is 0. The van der Waals surface area contributed by atoms with E-state index in [0.717, 1.165) is 10.7 Å². The van der Waals surface area contributed by atoms with Crippen LogP contribution in [-0.2, 0) is 5.88 Å². The quantitative estimate of drug-likeness (QED) is 0.712. The van der Waals surface area contributed by atoms with Crippen molar-refractivity contribution in [1.29, 1.82) is 0 Å². The first-order valence-corrected chi connectivity index (χ1v) is 6.98. The molecule has 2 aromatic rings. The maximum atomic E-state index is 5.85. The van der Waals surface area contributed by atoms with Crippen molar-refractivity contribution in [3.8, 4) is 11.3 Å². The first-order chi connectivity index (χ1) is 8.02. The molecule has 0 spiro atoms. The number of thiazole rings is 1. The van der Waals surface area contributed by atoms with Crippen LogP contribution in [0.5, 0.6) is 0 Å². The van der Waals surface area contributed by atoms with Gasteiger partial charge in [-0.05, 0) is 38.8 Å². The fraction of sp³-hybridized carbons (Fsp3) is 0.357. The average Bonchev–Trinajstić information content (AvgIpc) is 2.59. The Labute approximate surface area is 111 Å². The third-order valence-corrected chi connectivity index (χ3v) is 4.25. The van der Waals surface area contributed by atoms with Gasteiger partial charge in [-0.1, -0.05) is 17.7 Å². The molecule has 3 heteroatoms. The monoisotopic (exact) mass is 265 g/mol. The van der Waals surface area contributed by atoms with E-state index in [9.17, 15) is 0 Å². The van der Waals surface area contributed by atoms with E-state index < -0.39 is 0 Å². The zero-order valence-electron chi connectivity index (χ0n) is 10.6. The lowest BCUT2D eigenvalue weighted by molar-refractivity contribution is 1.22. The number of aromatic nitrogens is 1. The van der Waals surface area contributed by atoms with Crippen molar-refractivity contribution in [3.63, 3.8) is 0 Å². The third kappa shape index (κ3) is 2.38. The number of alkyl halides is 1. The van der Waals surface area contributed by atoms with Crippen molar-refractivity contribution < 1.29 is 0 Å². The van der Waals surface area contributed by atoms with E-state index in [0.29, 0.717) is 5.88 Å². The average molecular weight is 266 g/mol. The molecule has 0 amide bonds. The Kier molecular flexibility index (Phi) is 3.55. The summed E-state index contributed by atoms with van der Waals surface area (Å²) in [5.74, 6) is 0.495. The maximum absolute atomic E-state index is 5.85. The molecule has 1 aromatic heterocycles. The predicted molar refractivity (Wildman–Crippen MR) is 76.1 cm³/mol. The zero-order valence-corrected chi connectivity index (χ0v) is 12.2. The lowest BCUT2D eigenvalue weighted by Gasteiger charge is -2.09. The van der Waals surface area contributed by atoms with Gasteiger partial charge in [-0.3, -0.25) is 0 Å². The van der Waals surface area contributed by atoms with Gasteiger partial charge in [0.25, 0.3) is 0 Å². The van der Waals surface area contributed by atoms with Crippen LogP contribution in [0.25, 0.3) is 11.3 Å². The zero-order chi connectivity index (χ0) is 12.6. The van der Waals surface area contributed by atoms with Crippen LogP contribution in [0.1, 0.15) is 26.6 Å². The number of hydrogen-bond acceptors (Lipinski definition) is 2. The van der Waals surface area contributed by atoms with Crippen molar-refractivity contribution in [2.45, 2.75) is 33.6 Å². The highest BCUT2D eigenvalue weighted by molar-refractivity contribution is 7.12. The Bertz CT molecular complexity index is 534. The molecular formula is C14H16ClNS. The van der Waals surface area contributed by atoms with Crippen LogP contribution in [0.2, 0.25) is 0 Å². The van der Waals surface area contributed by atoms with Crippen LogP contribution in [0.4, 0.5) is 0 Å². The molecular weight excluding hydrogens is 250 g/mol. The minimum atomic E-state index is 0.495. The number of halogens is 1. The van der Waals surface area contributed by atoms with Gasteiger partial charge in [-0.2, -0.15) is 0 Å². The van der Waals surface area contributed by atoms with E-state index in [1.807, 2.05) is 0 Å². The number of rotatable bonds is 2. The van der Waals surface area contributed by atoms with Crippen LogP contribution in [0.3, 0.4) is 0 Å². The first kappa shape index (κ1) is 12.6. The first-order valence-electron chi connectivity index (χ1n) is 5.63. The van der Waals surface area contributed by atoms with Crippen LogP contribution >= 0.6 is 22.9 Å². The molecule has 1 nitrogen and oxygen atoms in total. The number of benzene rings is 1. The number of nitrogens with zero attached hydrogens (tertiary/aromatic N) is 1. The van der Waals surface area contributed by atoms with Crippen molar-refractivity contribution in [2.75, 3.05) is 0 Å². The molecule has 0 unspecified atom stereocenters. The van der Waals surface area contributed by atoms with E-state index in [4.69, 9.17) is 11.6 Å². The molecule has 90 valence electrons. The Morgan fingerprint density at radius 1 is 1.12 bits per heavy atom. The molecule has 0 fully saturated rings. The van der Waals surface area contributed by atoms with Gasteiger partial charge in [0.1, 0.15) is 5.01 Å². The Balaban J connectivity index is 2.63. The van der Waals surface area contributed by atoms with Crippen molar-refractivity contribution >= 4 is 22.9 Å². The number of aryl methyl sites for hydroxylation is 4. The highest BCUT2D eigenvalue weighted by Gasteiger charge is 2.13. The van der Waals surface area contributed by atoms with Gasteiger partial charge in [0.05, 0.1) is 11.6 Å². The number of hydrogen-bond donors (Lipinski definition) is 0. The highest BCUT2D eigenvalue weighted by Crippen LogP contribution is 2.33. The summed E-state index contributed by atoms with van der Waals surface area (Å²) >= 11 is 7.54. The van der Waals surface area contributed by atoms with E-state index in [1.165, 1.54) is 27.1 Å². The molecule has 0 aliphatic carbocycles. The lowest BCUT2D eigenvalue weighted by atomic mass is 9.97. The second-order valence-electron chi connectivity index (χ2n) is 4.42. The second-order valence-corrected chi connectivity index (χ2v) is 5.97. The Hall–Kier alpha value is -0.860. The predicted octanol–water partition coefficient (Wildman–Crippen LogP) is 4.78. The Morgan fingerprint density at radius 2 is 1.71 bits per heavy atom. The molecule has 17 heavy (non-hydrogen) atoms. The van der Waals surface area contributed by atoms with Gasteiger partial charge >= 0.3 is 0 Å². The minimum Gasteiger partial charge on any atom is -0.240 e. The summed E-state index contributed by atoms with van der Waals surface area (Å²) in [4.78, 5) is 5.88. The third-order valence-electron chi connectivity index (χ3n) is 2.87. The molecule has 0 atom stereocenters. The fourth-order valence-corrected chi connectivity index (χ4v) is 3.31. The van der Waals surface area contributed by atoms with E-state index >= 15 is 0 Å². The standard InChI is InChI=1S/C14H16ClNS/c1-8-5-9(2)13(10(3)6-8)14-11(4)17-12(7-15)16-14/h5-6H,7H2,1-4H3. The van der Waals surface area contributed by atoms with Gasteiger partial charge in [0.15, 0.2) is 0 Å². The van der Waals surface area contributed by atoms with Crippen LogP contribution in [-0.4, -0.2) is 4.98 Å². The summed E-state index contributed by atoms with van der Waals surface area (Å²) in [5, 5.41) is 0.999. The Morgan fingerprint density at radius 3 is 2.18 bits per heavy atom. The summed E-state index contributed by atoms with van der Waals surface area (Å²) in [5.41, 5.74) is 6.24. The SMILES string of the molecule is Cc1cc(C)c(-c2nc(CCl)sc2C)c(C)c1. The summed E-state index contributed by atoms with van der Waals surface area (Å²) in [6.07, 6.45) is 0. The van der Waals surface area contributed by atoms with Gasteiger partial charge in [0.2, 0.25) is 0 Å². The summed E-state index contributed by atoms with van der Waals surface area (Å²) in [6, 6.07) is 4.42. The van der Waals surface area contributed by atoms with E-state index in [2.05, 4.69) is 44.8 Å². The molecule has 0 saturated carbocycles. The molecule has 0 aliphatic rings. The molecule has 1 aromatic carbocycles. The van der Waals surface area contributed by atoms with Crippen molar-refractivity contribution in [1.82, 2.24) is 4.98 Å². The van der Waals surface area contributed by atoms with Gasteiger partial charge in [-0.15, -0.1) is 22.9 Å². The van der Waals surface area contributed by atoms with Gasteiger partial charge in [-0.25, -0.2) is 4.98 Å². The van der Waals surface area contributed by atoms with Gasteiger partial charge < -0.3 is 0 Å². The summed E-state index contributed by atoms with van der Waals surface area (Å²) in [6.45, 7) is 8.53. The smallest absolute Gasteiger partial charge is 0.108 e. The molecule has 2 rings (SSSR count). The van der Waals surface area contributed by atoms with Gasteiger partial charge in [0, 0.05) is 10.4 Å². The fourth-order valence-electron chi connectivity index (χ4n) is 2.29. The van der Waals surface area contributed by atoms with Crippen LogP contribution in [0, 0.1) is 27.7 Å². The molecule has 0 radical (unpaired) electrons. The molecule has 1 heterocycles. The highest BCUT2D eigenvalue weighted by atomic mass is 35.5. The van der Waals surface area contributed by atoms with Crippen LogP contribution < -0.4 is 0 Å². The van der Waals surface area contributed by atoms with Crippen molar-refractivity contribution in [2.24, 2.45) is 0 Å².